The fourth-order valence-corrected chi connectivity index (χ4v) is 0.673. The molecule has 0 spiro atoms. The third-order valence-electron chi connectivity index (χ3n) is 0.957. The molecule has 0 aromatic rings. The molecule has 0 aromatic carbocycles. The van der Waals surface area contributed by atoms with Crippen LogP contribution < -0.4 is 11.1 Å². The molecule has 0 aromatic heterocycles. The predicted octanol–water partition coefficient (Wildman–Crippen LogP) is 0.248. The van der Waals surface area contributed by atoms with Gasteiger partial charge in [-0.2, -0.15) is 0 Å². The predicted molar refractivity (Wildman–Crippen MR) is 41.5 cm³/mol. The van der Waals surface area contributed by atoms with E-state index >= 15 is 0 Å². The zero-order chi connectivity index (χ0) is 8.15. The normalized spacial score (nSPS) is 13.3. The zero-order valence-corrected chi connectivity index (χ0v) is 6.85. The maximum Gasteiger partial charge on any atom is 0.221 e. The first-order valence-electron chi connectivity index (χ1n) is 3.57. The summed E-state index contributed by atoms with van der Waals surface area (Å²) in [5.41, 5.74) is 5.41. The molecule has 3 heteroatoms. The molecule has 0 radical (unpaired) electrons. The van der Waals surface area contributed by atoms with Gasteiger partial charge in [0.15, 0.2) is 0 Å². The lowest BCUT2D eigenvalue weighted by atomic mass is 10.2. The molecule has 0 saturated carbocycles. The van der Waals surface area contributed by atoms with Crippen LogP contribution in [-0.2, 0) is 4.79 Å². The highest BCUT2D eigenvalue weighted by Gasteiger charge is 2.04. The second kappa shape index (κ2) is 4.28. The van der Waals surface area contributed by atoms with Crippen LogP contribution in [0.25, 0.3) is 0 Å². The second-order valence-electron chi connectivity index (χ2n) is 2.90. The molecule has 0 unspecified atom stereocenters. The average Bonchev–Trinajstić information content (AvgIpc) is 1.58. The molecule has 0 fully saturated rings. The molecule has 0 aliphatic carbocycles. The van der Waals surface area contributed by atoms with Gasteiger partial charge in [-0.25, -0.2) is 0 Å². The van der Waals surface area contributed by atoms with Crippen molar-refractivity contribution in [2.24, 2.45) is 5.73 Å². The highest BCUT2D eigenvalue weighted by Crippen LogP contribution is 1.86. The molecule has 3 nitrogen and oxygen atoms in total. The van der Waals surface area contributed by atoms with Crippen molar-refractivity contribution in [3.63, 3.8) is 0 Å². The van der Waals surface area contributed by atoms with Crippen LogP contribution in [0.4, 0.5) is 0 Å². The Morgan fingerprint density at radius 3 is 2.30 bits per heavy atom. The number of carbonyl (C=O) groups excluding carboxylic acids is 1. The van der Waals surface area contributed by atoms with Gasteiger partial charge in [0, 0.05) is 18.5 Å². The lowest BCUT2D eigenvalue weighted by Crippen LogP contribution is -2.34. The maximum atomic E-state index is 10.9. The third-order valence-corrected chi connectivity index (χ3v) is 0.957. The van der Waals surface area contributed by atoms with E-state index in [0.29, 0.717) is 6.42 Å². The van der Waals surface area contributed by atoms with E-state index in [1.54, 1.807) is 0 Å². The van der Waals surface area contributed by atoms with Gasteiger partial charge in [-0.15, -0.1) is 0 Å². The van der Waals surface area contributed by atoms with Gasteiger partial charge in [-0.3, -0.25) is 4.79 Å². The number of nitrogens with one attached hydrogen (secondary N) is 1. The number of amides is 1. The Bertz CT molecular complexity index is 98.2. The molecule has 60 valence electrons. The van der Waals surface area contributed by atoms with Crippen LogP contribution in [0.1, 0.15) is 27.2 Å². The lowest BCUT2D eigenvalue weighted by Gasteiger charge is -2.09. The summed E-state index contributed by atoms with van der Waals surface area (Å²) in [6.45, 7) is 5.68. The minimum Gasteiger partial charge on any atom is -0.354 e. The maximum absolute atomic E-state index is 10.9. The Balaban J connectivity index is 3.44. The SMILES string of the molecule is CC(C)NC(=O)C[C@@H](C)N. The Kier molecular flexibility index (Phi) is 4.03. The van der Waals surface area contributed by atoms with Gasteiger partial charge in [0.2, 0.25) is 5.91 Å². The summed E-state index contributed by atoms with van der Waals surface area (Å²) in [5.74, 6) is 0.0324. The Hall–Kier alpha value is -0.570. The molecule has 1 amide bonds. The largest absolute Gasteiger partial charge is 0.354 e. The van der Waals surface area contributed by atoms with Crippen LogP contribution in [0.3, 0.4) is 0 Å². The quantitative estimate of drug-likeness (QED) is 0.596. The molecule has 1 atom stereocenters. The molecule has 3 N–H and O–H groups in total. The van der Waals surface area contributed by atoms with Gasteiger partial charge in [0.25, 0.3) is 0 Å². The van der Waals surface area contributed by atoms with Gasteiger partial charge < -0.3 is 11.1 Å². The molecule has 0 aliphatic rings. The van der Waals surface area contributed by atoms with Crippen LogP contribution in [0.5, 0.6) is 0 Å². The second-order valence-corrected chi connectivity index (χ2v) is 2.90. The molecule has 0 saturated heterocycles. The number of hydrogen-bond acceptors (Lipinski definition) is 2. The summed E-state index contributed by atoms with van der Waals surface area (Å²) in [6, 6.07) is 0.171. The molecule has 0 bridgehead atoms. The van der Waals surface area contributed by atoms with Gasteiger partial charge >= 0.3 is 0 Å². The standard InChI is InChI=1S/C7H16N2O/c1-5(2)9-7(10)4-6(3)8/h5-6H,4,8H2,1-3H3,(H,9,10)/t6-/m1/s1. The molecule has 0 rings (SSSR count). The van der Waals surface area contributed by atoms with Gasteiger partial charge in [-0.05, 0) is 20.8 Å². The first-order chi connectivity index (χ1) is 4.52. The van der Waals surface area contributed by atoms with Crippen molar-refractivity contribution < 1.29 is 4.79 Å². The van der Waals surface area contributed by atoms with Crippen molar-refractivity contribution in [2.45, 2.75) is 39.3 Å². The van der Waals surface area contributed by atoms with Crippen LogP contribution in [0.15, 0.2) is 0 Å². The van der Waals surface area contributed by atoms with E-state index in [-0.39, 0.29) is 18.0 Å². The van der Waals surface area contributed by atoms with Crippen molar-refractivity contribution in [2.75, 3.05) is 0 Å². The van der Waals surface area contributed by atoms with E-state index in [1.807, 2.05) is 20.8 Å². The third kappa shape index (κ3) is 5.56. The Labute approximate surface area is 62.0 Å². The highest BCUT2D eigenvalue weighted by atomic mass is 16.1. The van der Waals surface area contributed by atoms with Crippen molar-refractivity contribution in [1.29, 1.82) is 0 Å². The number of carbonyl (C=O) groups is 1. The van der Waals surface area contributed by atoms with Crippen molar-refractivity contribution in [3.8, 4) is 0 Å². The number of hydrogen-bond donors (Lipinski definition) is 2. The van der Waals surface area contributed by atoms with Crippen LogP contribution in [0.2, 0.25) is 0 Å². The zero-order valence-electron chi connectivity index (χ0n) is 6.85. The molecule has 0 aliphatic heterocycles. The Morgan fingerprint density at radius 2 is 2.00 bits per heavy atom. The molecule has 10 heavy (non-hydrogen) atoms. The molecular formula is C7H16N2O. The molecule has 0 heterocycles. The monoisotopic (exact) mass is 144 g/mol. The lowest BCUT2D eigenvalue weighted by molar-refractivity contribution is -0.121. The summed E-state index contributed by atoms with van der Waals surface area (Å²) in [5, 5.41) is 2.76. The summed E-state index contributed by atoms with van der Waals surface area (Å²) in [6.07, 6.45) is 0.415. The number of nitrogens with two attached hydrogens (primary N) is 1. The minimum atomic E-state index is -0.0428. The fraction of sp³-hybridized carbons (Fsp3) is 0.857. The van der Waals surface area contributed by atoms with Crippen LogP contribution in [-0.4, -0.2) is 18.0 Å². The van der Waals surface area contributed by atoms with Crippen LogP contribution >= 0.6 is 0 Å². The van der Waals surface area contributed by atoms with Gasteiger partial charge in [-0.1, -0.05) is 0 Å². The van der Waals surface area contributed by atoms with Crippen molar-refractivity contribution in [3.05, 3.63) is 0 Å². The van der Waals surface area contributed by atoms with E-state index in [0.717, 1.165) is 0 Å². The van der Waals surface area contributed by atoms with E-state index in [4.69, 9.17) is 5.73 Å². The minimum absolute atomic E-state index is 0.0324. The Morgan fingerprint density at radius 1 is 1.50 bits per heavy atom. The summed E-state index contributed by atoms with van der Waals surface area (Å²) in [4.78, 5) is 10.9. The smallest absolute Gasteiger partial charge is 0.221 e. The summed E-state index contributed by atoms with van der Waals surface area (Å²) >= 11 is 0. The first-order valence-corrected chi connectivity index (χ1v) is 3.57. The van der Waals surface area contributed by atoms with E-state index < -0.39 is 0 Å². The van der Waals surface area contributed by atoms with E-state index in [1.165, 1.54) is 0 Å². The van der Waals surface area contributed by atoms with Gasteiger partial charge in [0.05, 0.1) is 0 Å². The fourth-order valence-electron chi connectivity index (χ4n) is 0.673. The highest BCUT2D eigenvalue weighted by molar-refractivity contribution is 5.76. The van der Waals surface area contributed by atoms with Gasteiger partial charge in [0.1, 0.15) is 0 Å². The van der Waals surface area contributed by atoms with Crippen molar-refractivity contribution >= 4 is 5.91 Å². The molecular weight excluding hydrogens is 128 g/mol. The topological polar surface area (TPSA) is 55.1 Å². The first kappa shape index (κ1) is 9.43. The average molecular weight is 144 g/mol. The van der Waals surface area contributed by atoms with E-state index in [2.05, 4.69) is 5.32 Å². The van der Waals surface area contributed by atoms with Crippen LogP contribution in [0, 0.1) is 0 Å². The van der Waals surface area contributed by atoms with E-state index in [9.17, 15) is 4.79 Å². The van der Waals surface area contributed by atoms with Crippen molar-refractivity contribution in [1.82, 2.24) is 5.32 Å². The summed E-state index contributed by atoms with van der Waals surface area (Å²) < 4.78 is 0. The summed E-state index contributed by atoms with van der Waals surface area (Å²) in [7, 11) is 0. The number of rotatable bonds is 3.